The van der Waals surface area contributed by atoms with Crippen LogP contribution in [0.25, 0.3) is 0 Å². The zero-order valence-electron chi connectivity index (χ0n) is 9.78. The molecule has 1 N–H and O–H groups in total. The van der Waals surface area contributed by atoms with Crippen molar-refractivity contribution in [2.45, 2.75) is 13.3 Å². The van der Waals surface area contributed by atoms with Crippen molar-refractivity contribution in [3.63, 3.8) is 0 Å². The molecule has 4 heteroatoms. The van der Waals surface area contributed by atoms with Crippen LogP contribution in [0.1, 0.15) is 12.5 Å². The Labute approximate surface area is 110 Å². The van der Waals surface area contributed by atoms with Crippen LogP contribution in [0.15, 0.2) is 36.4 Å². The fraction of sp³-hybridized carbons (Fsp3) is 0.143. The Bertz CT molecular complexity index is 570. The predicted octanol–water partition coefficient (Wildman–Crippen LogP) is 4.54. The summed E-state index contributed by atoms with van der Waals surface area (Å²) in [6, 6.07) is 9.34. The van der Waals surface area contributed by atoms with E-state index in [-0.39, 0.29) is 11.5 Å². The van der Waals surface area contributed by atoms with Crippen molar-refractivity contribution in [1.82, 2.24) is 0 Å². The first-order valence-electron chi connectivity index (χ1n) is 5.55. The molecule has 0 radical (unpaired) electrons. The highest BCUT2D eigenvalue weighted by molar-refractivity contribution is 6.32. The third kappa shape index (κ3) is 2.57. The van der Waals surface area contributed by atoms with Crippen LogP contribution in [-0.2, 0) is 6.42 Å². The SMILES string of the molecule is CCc1cc(O)c(Oc2ccccc2Cl)cc1F. The molecule has 0 fully saturated rings. The summed E-state index contributed by atoms with van der Waals surface area (Å²) in [5.74, 6) is -0.0820. The van der Waals surface area contributed by atoms with Gasteiger partial charge in [0.15, 0.2) is 11.5 Å². The minimum absolute atomic E-state index is 0.0535. The van der Waals surface area contributed by atoms with Crippen molar-refractivity contribution >= 4 is 11.6 Å². The average Bonchev–Trinajstić information content (AvgIpc) is 2.36. The number of hydrogen-bond acceptors (Lipinski definition) is 2. The molecule has 2 aromatic rings. The molecule has 0 saturated heterocycles. The number of aromatic hydroxyl groups is 1. The Kier molecular flexibility index (Phi) is 3.72. The number of aryl methyl sites for hydroxylation is 1. The zero-order valence-corrected chi connectivity index (χ0v) is 10.5. The van der Waals surface area contributed by atoms with E-state index in [1.54, 1.807) is 24.3 Å². The first kappa shape index (κ1) is 12.7. The molecule has 0 aliphatic carbocycles. The lowest BCUT2D eigenvalue weighted by Gasteiger charge is -2.10. The van der Waals surface area contributed by atoms with Gasteiger partial charge in [0.1, 0.15) is 11.6 Å². The summed E-state index contributed by atoms with van der Waals surface area (Å²) >= 11 is 5.92. The van der Waals surface area contributed by atoms with E-state index in [0.717, 1.165) is 6.07 Å². The van der Waals surface area contributed by atoms with Crippen molar-refractivity contribution in [3.05, 3.63) is 52.8 Å². The average molecular weight is 267 g/mol. The van der Waals surface area contributed by atoms with Crippen molar-refractivity contribution in [2.75, 3.05) is 0 Å². The molecular weight excluding hydrogens is 255 g/mol. The molecule has 0 bridgehead atoms. The third-order valence-electron chi connectivity index (χ3n) is 2.57. The minimum Gasteiger partial charge on any atom is -0.504 e. The van der Waals surface area contributed by atoms with Crippen molar-refractivity contribution in [1.29, 1.82) is 0 Å². The summed E-state index contributed by atoms with van der Waals surface area (Å²) < 4.78 is 19.0. The molecule has 0 amide bonds. The van der Waals surface area contributed by atoms with Gasteiger partial charge in [0, 0.05) is 6.07 Å². The molecule has 0 aliphatic rings. The van der Waals surface area contributed by atoms with Crippen LogP contribution < -0.4 is 4.74 Å². The van der Waals surface area contributed by atoms with Crippen LogP contribution in [0.4, 0.5) is 4.39 Å². The highest BCUT2D eigenvalue weighted by Crippen LogP contribution is 2.35. The van der Waals surface area contributed by atoms with Gasteiger partial charge in [-0.3, -0.25) is 0 Å². The maximum atomic E-state index is 13.6. The summed E-state index contributed by atoms with van der Waals surface area (Å²) in [6.07, 6.45) is 0.506. The van der Waals surface area contributed by atoms with Crippen molar-refractivity contribution < 1.29 is 14.2 Å². The van der Waals surface area contributed by atoms with Crippen LogP contribution >= 0.6 is 11.6 Å². The smallest absolute Gasteiger partial charge is 0.172 e. The number of benzene rings is 2. The monoisotopic (exact) mass is 266 g/mol. The number of para-hydroxylation sites is 1. The molecule has 0 unspecified atom stereocenters. The lowest BCUT2D eigenvalue weighted by atomic mass is 10.1. The summed E-state index contributed by atoms with van der Waals surface area (Å²) in [5.41, 5.74) is 0.444. The molecule has 2 nitrogen and oxygen atoms in total. The highest BCUT2D eigenvalue weighted by atomic mass is 35.5. The Balaban J connectivity index is 2.35. The van der Waals surface area contributed by atoms with Crippen LogP contribution in [-0.4, -0.2) is 5.11 Å². The number of phenols is 1. The quantitative estimate of drug-likeness (QED) is 0.884. The number of phenolic OH excluding ortho intramolecular Hbond substituents is 1. The first-order valence-corrected chi connectivity index (χ1v) is 5.93. The second-order valence-electron chi connectivity index (χ2n) is 3.80. The van der Waals surface area contributed by atoms with Crippen molar-refractivity contribution in [2.24, 2.45) is 0 Å². The van der Waals surface area contributed by atoms with Crippen LogP contribution in [0.3, 0.4) is 0 Å². The molecule has 2 rings (SSSR count). The number of rotatable bonds is 3. The van der Waals surface area contributed by atoms with E-state index in [1.807, 2.05) is 6.92 Å². The van der Waals surface area contributed by atoms with Crippen LogP contribution in [0.2, 0.25) is 5.02 Å². The Morgan fingerprint density at radius 1 is 1.22 bits per heavy atom. The second kappa shape index (κ2) is 5.27. The van der Waals surface area contributed by atoms with Crippen LogP contribution in [0.5, 0.6) is 17.2 Å². The van der Waals surface area contributed by atoms with Gasteiger partial charge < -0.3 is 9.84 Å². The number of halogens is 2. The summed E-state index contributed by atoms with van der Waals surface area (Å²) in [7, 11) is 0. The molecule has 0 heterocycles. The highest BCUT2D eigenvalue weighted by Gasteiger charge is 2.11. The molecular formula is C14H12ClFO2. The van der Waals surface area contributed by atoms with Crippen molar-refractivity contribution in [3.8, 4) is 17.2 Å². The predicted molar refractivity (Wildman–Crippen MR) is 69.0 cm³/mol. The molecule has 0 saturated carbocycles. The summed E-state index contributed by atoms with van der Waals surface area (Å²) in [4.78, 5) is 0. The van der Waals surface area contributed by atoms with Gasteiger partial charge >= 0.3 is 0 Å². The van der Waals surface area contributed by atoms with E-state index in [1.165, 1.54) is 6.07 Å². The van der Waals surface area contributed by atoms with Gasteiger partial charge in [-0.05, 0) is 30.2 Å². The minimum atomic E-state index is -0.405. The van der Waals surface area contributed by atoms with Gasteiger partial charge in [0.05, 0.1) is 5.02 Å². The molecule has 0 spiro atoms. The maximum Gasteiger partial charge on any atom is 0.172 e. The molecule has 0 aliphatic heterocycles. The first-order chi connectivity index (χ1) is 8.61. The van der Waals surface area contributed by atoms with E-state index in [4.69, 9.17) is 16.3 Å². The summed E-state index contributed by atoms with van der Waals surface area (Å²) in [5, 5.41) is 10.2. The van der Waals surface area contributed by atoms with Gasteiger partial charge in [-0.2, -0.15) is 0 Å². The van der Waals surface area contributed by atoms with Gasteiger partial charge in [0.2, 0.25) is 0 Å². The maximum absolute atomic E-state index is 13.6. The lowest BCUT2D eigenvalue weighted by molar-refractivity contribution is 0.406. The van der Waals surface area contributed by atoms with E-state index >= 15 is 0 Å². The molecule has 2 aromatic carbocycles. The second-order valence-corrected chi connectivity index (χ2v) is 4.20. The Morgan fingerprint density at radius 3 is 2.61 bits per heavy atom. The lowest BCUT2D eigenvalue weighted by Crippen LogP contribution is -1.91. The Hall–Kier alpha value is -1.74. The van der Waals surface area contributed by atoms with E-state index in [0.29, 0.717) is 22.8 Å². The molecule has 0 aromatic heterocycles. The zero-order chi connectivity index (χ0) is 13.1. The molecule has 94 valence electrons. The largest absolute Gasteiger partial charge is 0.504 e. The number of hydrogen-bond donors (Lipinski definition) is 1. The fourth-order valence-electron chi connectivity index (χ4n) is 1.59. The molecule has 0 atom stereocenters. The normalized spacial score (nSPS) is 10.4. The Morgan fingerprint density at radius 2 is 1.94 bits per heavy atom. The van der Waals surface area contributed by atoms with E-state index in [9.17, 15) is 9.50 Å². The van der Waals surface area contributed by atoms with E-state index < -0.39 is 5.82 Å². The molecule has 18 heavy (non-hydrogen) atoms. The summed E-state index contributed by atoms with van der Waals surface area (Å²) in [6.45, 7) is 1.81. The third-order valence-corrected chi connectivity index (χ3v) is 2.88. The van der Waals surface area contributed by atoms with E-state index in [2.05, 4.69) is 0 Å². The standard InChI is InChI=1S/C14H12ClFO2/c1-2-9-7-12(17)14(8-11(9)16)18-13-6-4-3-5-10(13)15/h3-8,17H,2H2,1H3. The fourth-order valence-corrected chi connectivity index (χ4v) is 1.76. The van der Waals surface area contributed by atoms with Crippen LogP contribution in [0, 0.1) is 5.82 Å². The topological polar surface area (TPSA) is 29.5 Å². The number of ether oxygens (including phenoxy) is 1. The van der Waals surface area contributed by atoms with Gasteiger partial charge in [-0.25, -0.2) is 4.39 Å². The van der Waals surface area contributed by atoms with Gasteiger partial charge in [-0.15, -0.1) is 0 Å². The van der Waals surface area contributed by atoms with Gasteiger partial charge in [0.25, 0.3) is 0 Å². The van der Waals surface area contributed by atoms with Gasteiger partial charge in [-0.1, -0.05) is 30.7 Å².